The molecule has 1 aromatic carbocycles. The predicted molar refractivity (Wildman–Crippen MR) is 75.9 cm³/mol. The summed E-state index contributed by atoms with van der Waals surface area (Å²) in [5.74, 6) is 0. The van der Waals surface area contributed by atoms with E-state index in [0.717, 1.165) is 25.2 Å². The van der Waals surface area contributed by atoms with Gasteiger partial charge in [0.05, 0.1) is 10.0 Å². The molecule has 0 aromatic heterocycles. The number of halogens is 2. The maximum atomic E-state index is 11.0. The Morgan fingerprint density at radius 3 is 2.00 bits per heavy atom. The fourth-order valence-corrected chi connectivity index (χ4v) is 4.94. The molecule has 1 aromatic rings. The zero-order valence-electron chi connectivity index (χ0n) is 11.3. The Morgan fingerprint density at radius 1 is 0.950 bits per heavy atom. The second-order valence-corrected chi connectivity index (χ2v) is 7.56. The molecule has 0 aliphatic carbocycles. The number of aliphatic hydroxyl groups excluding tert-OH is 1. The summed E-state index contributed by atoms with van der Waals surface area (Å²) in [5, 5.41) is 12.0. The van der Waals surface area contributed by atoms with E-state index in [9.17, 15) is 5.11 Å². The van der Waals surface area contributed by atoms with Gasteiger partial charge in [0, 0.05) is 0 Å². The molecule has 0 amide bonds. The monoisotopic (exact) mass is 316 g/mol. The lowest BCUT2D eigenvalue weighted by atomic mass is 9.74. The number of hydrogen-bond donors (Lipinski definition) is 4. The van der Waals surface area contributed by atoms with Crippen LogP contribution in [0.15, 0.2) is 18.2 Å². The number of aliphatic hydroxyl groups is 1. The third-order valence-electron chi connectivity index (χ3n) is 5.15. The first kappa shape index (κ1) is 13.3. The number of benzene rings is 1. The molecule has 4 fully saturated rings. The fourth-order valence-electron chi connectivity index (χ4n) is 4.63. The van der Waals surface area contributed by atoms with Gasteiger partial charge in [-0.2, -0.15) is 0 Å². The van der Waals surface area contributed by atoms with Crippen LogP contribution in [0.2, 0.25) is 10.0 Å². The molecule has 108 valence electrons. The molecule has 4 saturated heterocycles. The molecule has 4 aliphatic rings. The standard InChI is InChI=1S/C14H17Cl2N3O/c15-11-2-1-10(3-12(11)16)13(20)14-4-17-7-18(5-14)9-19(6-14)8-17/h1-3,13,20H,4-9H2/p+3/t13-/m0/s1. The van der Waals surface area contributed by atoms with Crippen molar-refractivity contribution in [2.24, 2.45) is 5.41 Å². The van der Waals surface area contributed by atoms with Crippen LogP contribution in [0.1, 0.15) is 11.7 Å². The van der Waals surface area contributed by atoms with Gasteiger partial charge in [-0.15, -0.1) is 0 Å². The number of nitrogens with one attached hydrogen (secondary N) is 3. The number of hydrogen-bond acceptors (Lipinski definition) is 1. The van der Waals surface area contributed by atoms with Crippen molar-refractivity contribution in [3.63, 3.8) is 0 Å². The summed E-state index contributed by atoms with van der Waals surface area (Å²) < 4.78 is 0. The van der Waals surface area contributed by atoms with Gasteiger partial charge < -0.3 is 5.11 Å². The van der Waals surface area contributed by atoms with E-state index >= 15 is 0 Å². The minimum atomic E-state index is -0.446. The Morgan fingerprint density at radius 2 is 1.50 bits per heavy atom. The summed E-state index contributed by atoms with van der Waals surface area (Å²) in [6.07, 6.45) is -0.446. The third kappa shape index (κ3) is 1.98. The van der Waals surface area contributed by atoms with Crippen LogP contribution in [0.5, 0.6) is 0 Å². The van der Waals surface area contributed by atoms with E-state index in [0.29, 0.717) is 10.0 Å². The summed E-state index contributed by atoms with van der Waals surface area (Å²) in [7, 11) is 0. The van der Waals surface area contributed by atoms with E-state index in [1.165, 1.54) is 20.0 Å². The fraction of sp³-hybridized carbons (Fsp3) is 0.571. The lowest BCUT2D eigenvalue weighted by molar-refractivity contribution is -1.30. The van der Waals surface area contributed by atoms with Crippen LogP contribution < -0.4 is 14.7 Å². The van der Waals surface area contributed by atoms with Gasteiger partial charge in [-0.25, -0.2) is 14.7 Å². The van der Waals surface area contributed by atoms with Crippen molar-refractivity contribution >= 4 is 23.2 Å². The summed E-state index contributed by atoms with van der Waals surface area (Å²) in [6, 6.07) is 5.53. The van der Waals surface area contributed by atoms with Gasteiger partial charge in [0.2, 0.25) is 20.0 Å². The van der Waals surface area contributed by atoms with E-state index in [-0.39, 0.29) is 5.41 Å². The molecule has 4 aliphatic heterocycles. The van der Waals surface area contributed by atoms with Crippen molar-refractivity contribution in [3.8, 4) is 0 Å². The summed E-state index contributed by atoms with van der Waals surface area (Å²) in [6.45, 7) is 6.84. The molecule has 4 bridgehead atoms. The average molecular weight is 317 g/mol. The Kier molecular flexibility index (Phi) is 3.04. The van der Waals surface area contributed by atoms with E-state index in [1.807, 2.05) is 12.1 Å². The van der Waals surface area contributed by atoms with E-state index < -0.39 is 6.10 Å². The zero-order chi connectivity index (χ0) is 13.9. The van der Waals surface area contributed by atoms with Crippen molar-refractivity contribution in [2.75, 3.05) is 39.6 Å². The van der Waals surface area contributed by atoms with Gasteiger partial charge in [-0.3, -0.25) is 0 Å². The molecule has 0 unspecified atom stereocenters. The quantitative estimate of drug-likeness (QED) is 0.481. The molecule has 0 saturated carbocycles. The van der Waals surface area contributed by atoms with Gasteiger partial charge in [0.25, 0.3) is 0 Å². The van der Waals surface area contributed by atoms with E-state index in [1.54, 1.807) is 20.8 Å². The topological polar surface area (TPSA) is 33.6 Å². The van der Waals surface area contributed by atoms with Crippen LogP contribution in [-0.4, -0.2) is 44.7 Å². The Hall–Kier alpha value is -0.360. The molecule has 0 radical (unpaired) electrons. The van der Waals surface area contributed by atoms with Crippen molar-refractivity contribution < 1.29 is 19.8 Å². The SMILES string of the molecule is O[C@@H](c1ccc(Cl)c(Cl)c1)C12C[NH+]3C[NH+](C[NH+](C3)C1)C2. The number of rotatable bonds is 2. The van der Waals surface area contributed by atoms with Crippen LogP contribution in [0.4, 0.5) is 0 Å². The van der Waals surface area contributed by atoms with Crippen LogP contribution in [0.3, 0.4) is 0 Å². The molecule has 5 rings (SSSR count). The molecule has 1 atom stereocenters. The van der Waals surface area contributed by atoms with Crippen molar-refractivity contribution in [3.05, 3.63) is 33.8 Å². The minimum absolute atomic E-state index is 0.00803. The maximum absolute atomic E-state index is 11.0. The van der Waals surface area contributed by atoms with Gasteiger partial charge >= 0.3 is 0 Å². The van der Waals surface area contributed by atoms with Crippen molar-refractivity contribution in [1.29, 1.82) is 0 Å². The molecule has 4 nitrogen and oxygen atoms in total. The average Bonchev–Trinajstić information content (AvgIpc) is 2.39. The second kappa shape index (κ2) is 4.57. The number of quaternary nitrogens is 3. The molecule has 4 heterocycles. The van der Waals surface area contributed by atoms with Crippen LogP contribution in [0, 0.1) is 5.41 Å². The van der Waals surface area contributed by atoms with Crippen molar-refractivity contribution in [2.45, 2.75) is 6.10 Å². The second-order valence-electron chi connectivity index (χ2n) is 6.75. The molecule has 4 N–H and O–H groups in total. The smallest absolute Gasteiger partial charge is 0.213 e. The lowest BCUT2D eigenvalue weighted by Crippen LogP contribution is -3.55. The molecule has 20 heavy (non-hydrogen) atoms. The first-order valence-electron chi connectivity index (χ1n) is 7.19. The summed E-state index contributed by atoms with van der Waals surface area (Å²) in [4.78, 5) is 4.87. The largest absolute Gasteiger partial charge is 0.387 e. The maximum Gasteiger partial charge on any atom is 0.213 e. The molecule has 6 heteroatoms. The molecule has 0 spiro atoms. The Labute approximate surface area is 128 Å². The third-order valence-corrected chi connectivity index (χ3v) is 5.88. The van der Waals surface area contributed by atoms with Crippen LogP contribution >= 0.6 is 23.2 Å². The van der Waals surface area contributed by atoms with Crippen LogP contribution in [-0.2, 0) is 0 Å². The Balaban J connectivity index is 1.67. The molecular formula is C14H20Cl2N3O+3. The normalized spacial score (nSPS) is 40.0. The predicted octanol–water partition coefficient (Wildman–Crippen LogP) is -2.42. The first-order valence-corrected chi connectivity index (χ1v) is 7.95. The minimum Gasteiger partial charge on any atom is -0.387 e. The lowest BCUT2D eigenvalue weighted by Gasteiger charge is -2.53. The first-order chi connectivity index (χ1) is 9.56. The summed E-state index contributed by atoms with van der Waals surface area (Å²) in [5.41, 5.74) is 0.898. The van der Waals surface area contributed by atoms with Gasteiger partial charge in [-0.1, -0.05) is 29.3 Å². The van der Waals surface area contributed by atoms with E-state index in [2.05, 4.69) is 0 Å². The van der Waals surface area contributed by atoms with Gasteiger partial charge in [0.1, 0.15) is 31.2 Å². The highest BCUT2D eigenvalue weighted by Gasteiger charge is 2.60. The van der Waals surface area contributed by atoms with Crippen molar-refractivity contribution in [1.82, 2.24) is 0 Å². The van der Waals surface area contributed by atoms with E-state index in [4.69, 9.17) is 23.2 Å². The summed E-state index contributed by atoms with van der Waals surface area (Å²) >= 11 is 12.1. The highest BCUT2D eigenvalue weighted by molar-refractivity contribution is 6.42. The van der Waals surface area contributed by atoms with Gasteiger partial charge in [-0.05, 0) is 17.7 Å². The Bertz CT molecular complexity index is 516. The highest BCUT2D eigenvalue weighted by atomic mass is 35.5. The molecular weight excluding hydrogens is 297 g/mol. The highest BCUT2D eigenvalue weighted by Crippen LogP contribution is 2.35. The van der Waals surface area contributed by atoms with Crippen LogP contribution in [0.25, 0.3) is 0 Å². The van der Waals surface area contributed by atoms with Gasteiger partial charge in [0.15, 0.2) is 0 Å². The zero-order valence-corrected chi connectivity index (χ0v) is 12.8.